The van der Waals surface area contributed by atoms with Crippen molar-refractivity contribution in [2.24, 2.45) is 0 Å². The first-order valence-corrected chi connectivity index (χ1v) is 9.55. The summed E-state index contributed by atoms with van der Waals surface area (Å²) in [4.78, 5) is 25.5. The smallest absolute Gasteiger partial charge is 0.445 e. The van der Waals surface area contributed by atoms with E-state index in [1.807, 2.05) is 0 Å². The molecule has 1 saturated heterocycles. The molecule has 31 heavy (non-hydrogen) atoms. The van der Waals surface area contributed by atoms with E-state index in [-0.39, 0.29) is 23.8 Å². The van der Waals surface area contributed by atoms with Gasteiger partial charge in [-0.25, -0.2) is 9.59 Å². The number of nitrogens with one attached hydrogen (secondary N) is 1. The second kappa shape index (κ2) is 9.76. The summed E-state index contributed by atoms with van der Waals surface area (Å²) < 4.78 is 51.5. The largest absolute Gasteiger partial charge is 0.573 e. The van der Waals surface area contributed by atoms with Crippen molar-refractivity contribution >= 4 is 12.2 Å². The molecule has 0 saturated carbocycles. The Morgan fingerprint density at radius 2 is 1.84 bits per heavy atom. The maximum atomic E-state index is 12.4. The first kappa shape index (κ1) is 24.1. The number of amides is 2. The lowest BCUT2D eigenvalue weighted by molar-refractivity contribution is -0.274. The number of piperidine rings is 1. The molecule has 170 valence electrons. The van der Waals surface area contributed by atoms with Gasteiger partial charge in [0.25, 0.3) is 0 Å². The quantitative estimate of drug-likeness (QED) is 0.753. The number of nitriles is 1. The molecule has 2 amide bonds. The van der Waals surface area contributed by atoms with Crippen LogP contribution in [0.3, 0.4) is 0 Å². The van der Waals surface area contributed by atoms with Crippen molar-refractivity contribution in [3.05, 3.63) is 29.3 Å². The first-order valence-electron chi connectivity index (χ1n) is 9.55. The second-order valence-corrected chi connectivity index (χ2v) is 7.99. The number of alkyl halides is 3. The zero-order chi connectivity index (χ0) is 23.2. The number of carbonyl (C=O) groups is 2. The van der Waals surface area contributed by atoms with Crippen molar-refractivity contribution in [2.45, 2.75) is 58.2 Å². The Morgan fingerprint density at radius 3 is 2.39 bits per heavy atom. The molecular formula is C20H24F3N3O5. The lowest BCUT2D eigenvalue weighted by atomic mass is 10.1. The minimum Gasteiger partial charge on any atom is -0.445 e. The molecule has 11 heteroatoms. The van der Waals surface area contributed by atoms with Gasteiger partial charge in [0.2, 0.25) is 0 Å². The molecule has 1 aromatic carbocycles. The van der Waals surface area contributed by atoms with Crippen LogP contribution < -0.4 is 10.1 Å². The number of hydrogen-bond acceptors (Lipinski definition) is 6. The molecule has 0 aliphatic carbocycles. The van der Waals surface area contributed by atoms with Crippen LogP contribution in [0.15, 0.2) is 18.2 Å². The highest BCUT2D eigenvalue weighted by atomic mass is 19.4. The molecule has 0 spiro atoms. The fraction of sp³-hybridized carbons (Fsp3) is 0.550. The number of hydrogen-bond donors (Lipinski definition) is 1. The summed E-state index contributed by atoms with van der Waals surface area (Å²) in [6.45, 7) is 5.62. The molecule has 1 fully saturated rings. The average Bonchev–Trinajstić information content (AvgIpc) is 2.63. The van der Waals surface area contributed by atoms with Crippen molar-refractivity contribution in [1.29, 1.82) is 5.26 Å². The van der Waals surface area contributed by atoms with E-state index >= 15 is 0 Å². The number of alkyl carbamates (subject to hydrolysis) is 1. The van der Waals surface area contributed by atoms with Gasteiger partial charge >= 0.3 is 18.5 Å². The lowest BCUT2D eigenvalue weighted by Gasteiger charge is -2.32. The van der Waals surface area contributed by atoms with Crippen LogP contribution in [0.4, 0.5) is 22.8 Å². The minimum absolute atomic E-state index is 0.0539. The molecule has 0 bridgehead atoms. The predicted octanol–water partition coefficient (Wildman–Crippen LogP) is 4.08. The van der Waals surface area contributed by atoms with Crippen LogP contribution in [0.25, 0.3) is 0 Å². The molecule has 1 aromatic rings. The van der Waals surface area contributed by atoms with Gasteiger partial charge in [0.15, 0.2) is 0 Å². The number of likely N-dealkylation sites (tertiary alicyclic amines) is 1. The zero-order valence-electron chi connectivity index (χ0n) is 17.4. The summed E-state index contributed by atoms with van der Waals surface area (Å²) >= 11 is 0. The average molecular weight is 443 g/mol. The fourth-order valence-corrected chi connectivity index (χ4v) is 2.92. The van der Waals surface area contributed by atoms with Gasteiger partial charge in [0.05, 0.1) is 11.6 Å². The van der Waals surface area contributed by atoms with E-state index in [0.717, 1.165) is 12.1 Å². The van der Waals surface area contributed by atoms with E-state index in [9.17, 15) is 22.8 Å². The van der Waals surface area contributed by atoms with E-state index in [4.69, 9.17) is 14.7 Å². The summed E-state index contributed by atoms with van der Waals surface area (Å²) in [5.41, 5.74) is -0.474. The molecule has 2 rings (SSSR count). The number of benzene rings is 1. The summed E-state index contributed by atoms with van der Waals surface area (Å²) in [5, 5.41) is 11.7. The van der Waals surface area contributed by atoms with Crippen molar-refractivity contribution in [3.8, 4) is 11.8 Å². The van der Waals surface area contributed by atoms with Gasteiger partial charge < -0.3 is 24.4 Å². The fourth-order valence-electron chi connectivity index (χ4n) is 2.92. The third-order valence-corrected chi connectivity index (χ3v) is 4.17. The number of nitrogens with zero attached hydrogens (tertiary/aromatic N) is 2. The monoisotopic (exact) mass is 443 g/mol. The molecule has 8 nitrogen and oxygen atoms in total. The molecule has 0 radical (unpaired) electrons. The first-order chi connectivity index (χ1) is 14.3. The number of carbonyl (C=O) groups excluding carboxylic acids is 2. The minimum atomic E-state index is -4.90. The zero-order valence-corrected chi connectivity index (χ0v) is 17.4. The standard InChI is InChI=1S/C20H24F3N3O5/c1-19(2,3)31-17(27)25-15-4-6-26(7-5-15)18(28)29-12-14-8-13(11-24)9-16(10-14)30-20(21,22)23/h8-10,15H,4-7,12H2,1-3H3,(H,25,27). The van der Waals surface area contributed by atoms with Gasteiger partial charge in [-0.3, -0.25) is 0 Å². The highest BCUT2D eigenvalue weighted by Crippen LogP contribution is 2.25. The normalized spacial score (nSPS) is 15.1. The Morgan fingerprint density at radius 1 is 1.19 bits per heavy atom. The van der Waals surface area contributed by atoms with Crippen molar-refractivity contribution < 1.29 is 37.0 Å². The van der Waals surface area contributed by atoms with E-state index in [1.165, 1.54) is 11.0 Å². The van der Waals surface area contributed by atoms with E-state index in [1.54, 1.807) is 26.8 Å². The van der Waals surface area contributed by atoms with Crippen LogP contribution in [-0.2, 0) is 16.1 Å². The van der Waals surface area contributed by atoms with E-state index in [2.05, 4.69) is 10.1 Å². The van der Waals surface area contributed by atoms with Crippen LogP contribution in [0, 0.1) is 11.3 Å². The van der Waals surface area contributed by atoms with Crippen LogP contribution in [0.1, 0.15) is 44.7 Å². The molecule has 1 heterocycles. The van der Waals surface area contributed by atoms with Crippen LogP contribution in [-0.4, -0.2) is 48.2 Å². The van der Waals surface area contributed by atoms with Crippen molar-refractivity contribution in [1.82, 2.24) is 10.2 Å². The van der Waals surface area contributed by atoms with Gasteiger partial charge in [-0.2, -0.15) is 5.26 Å². The van der Waals surface area contributed by atoms with Gasteiger partial charge in [0.1, 0.15) is 18.0 Å². The Balaban J connectivity index is 1.85. The number of ether oxygens (including phenoxy) is 3. The molecule has 1 N–H and O–H groups in total. The number of halogens is 3. The molecule has 1 aliphatic rings. The number of rotatable bonds is 4. The third-order valence-electron chi connectivity index (χ3n) is 4.17. The highest BCUT2D eigenvalue weighted by molar-refractivity contribution is 5.69. The summed E-state index contributed by atoms with van der Waals surface area (Å²) in [6.07, 6.45) is -5.07. The SMILES string of the molecule is CC(C)(C)OC(=O)NC1CCN(C(=O)OCc2cc(C#N)cc(OC(F)(F)F)c2)CC1. The Kier molecular flexibility index (Phi) is 7.60. The lowest BCUT2D eigenvalue weighted by Crippen LogP contribution is -2.47. The second-order valence-electron chi connectivity index (χ2n) is 7.99. The van der Waals surface area contributed by atoms with Gasteiger partial charge in [-0.1, -0.05) is 0 Å². The maximum Gasteiger partial charge on any atom is 0.573 e. The molecule has 1 aliphatic heterocycles. The van der Waals surface area contributed by atoms with Gasteiger partial charge in [-0.05, 0) is 57.4 Å². The van der Waals surface area contributed by atoms with E-state index in [0.29, 0.717) is 25.9 Å². The Bertz CT molecular complexity index is 838. The maximum absolute atomic E-state index is 12.4. The Labute approximate surface area is 177 Å². The van der Waals surface area contributed by atoms with Crippen LogP contribution in [0.5, 0.6) is 5.75 Å². The highest BCUT2D eigenvalue weighted by Gasteiger charge is 2.31. The van der Waals surface area contributed by atoms with Crippen molar-refractivity contribution in [3.63, 3.8) is 0 Å². The molecule has 0 atom stereocenters. The van der Waals surface area contributed by atoms with E-state index < -0.39 is 29.9 Å². The Hall–Kier alpha value is -3.16. The summed E-state index contributed by atoms with van der Waals surface area (Å²) in [7, 11) is 0. The van der Waals surface area contributed by atoms with Crippen LogP contribution in [0.2, 0.25) is 0 Å². The summed E-state index contributed by atoms with van der Waals surface area (Å²) in [5.74, 6) is -0.563. The van der Waals surface area contributed by atoms with Gasteiger partial charge in [-0.15, -0.1) is 13.2 Å². The van der Waals surface area contributed by atoms with Crippen molar-refractivity contribution in [2.75, 3.05) is 13.1 Å². The predicted molar refractivity (Wildman–Crippen MR) is 102 cm³/mol. The molecule has 0 unspecified atom stereocenters. The topological polar surface area (TPSA) is 101 Å². The van der Waals surface area contributed by atoms with Crippen LogP contribution >= 0.6 is 0 Å². The third kappa shape index (κ3) is 8.62. The molecular weight excluding hydrogens is 419 g/mol. The summed E-state index contributed by atoms with van der Waals surface area (Å²) in [6, 6.07) is 4.90. The van der Waals surface area contributed by atoms with Gasteiger partial charge in [0, 0.05) is 19.1 Å². The molecule has 0 aromatic heterocycles.